The number of benzene rings is 4. The maximum atomic E-state index is 13.8. The van der Waals surface area contributed by atoms with Gasteiger partial charge in [-0.25, -0.2) is 9.78 Å². The maximum absolute atomic E-state index is 13.8. The number of esters is 2. The molecule has 2 amide bonds. The van der Waals surface area contributed by atoms with Gasteiger partial charge in [-0.3, -0.25) is 19.2 Å². The van der Waals surface area contributed by atoms with Crippen LogP contribution in [0.5, 0.6) is 11.5 Å². The van der Waals surface area contributed by atoms with E-state index in [-0.39, 0.29) is 91.5 Å². The van der Waals surface area contributed by atoms with Gasteiger partial charge in [0.2, 0.25) is 35.3 Å². The van der Waals surface area contributed by atoms with Gasteiger partial charge < -0.3 is 50.8 Å². The molecule has 0 unspecified atom stereocenters. The fraction of sp³-hybridized carbons (Fsp3) is 0.213. The lowest BCUT2D eigenvalue weighted by molar-refractivity contribution is -0.189. The zero-order chi connectivity index (χ0) is 46.0. The topological polar surface area (TPSA) is 261 Å². The van der Waals surface area contributed by atoms with Crippen LogP contribution in [0.2, 0.25) is 0 Å². The zero-order valence-electron chi connectivity index (χ0n) is 35.4. The molecule has 7 N–H and O–H groups in total. The highest BCUT2D eigenvalue weighted by molar-refractivity contribution is 5.98. The summed E-state index contributed by atoms with van der Waals surface area (Å²) in [7, 11) is 0. The number of rotatable bonds is 15. The Morgan fingerprint density at radius 2 is 1.53 bits per heavy atom. The molecule has 334 valence electrons. The number of amides is 2. The average molecular weight is 891 g/mol. The van der Waals surface area contributed by atoms with Crippen LogP contribution in [-0.2, 0) is 47.4 Å². The van der Waals surface area contributed by atoms with Gasteiger partial charge in [-0.15, -0.1) is 0 Å². The molecule has 19 heteroatoms. The number of aromatic nitrogens is 5. The van der Waals surface area contributed by atoms with Gasteiger partial charge in [-0.2, -0.15) is 15.0 Å². The first-order valence-electron chi connectivity index (χ1n) is 21.1. The van der Waals surface area contributed by atoms with Gasteiger partial charge in [-0.1, -0.05) is 55.5 Å². The lowest BCUT2D eigenvalue weighted by Crippen LogP contribution is -2.48. The number of hydrogen-bond acceptors (Lipinski definition) is 16. The van der Waals surface area contributed by atoms with E-state index in [0.717, 1.165) is 21.9 Å². The van der Waals surface area contributed by atoms with Crippen molar-refractivity contribution in [1.82, 2.24) is 35.1 Å². The Kier molecular flexibility index (Phi) is 11.6. The molecule has 0 fully saturated rings. The normalized spacial score (nSPS) is 14.7. The third-order valence-corrected chi connectivity index (χ3v) is 11.3. The van der Waals surface area contributed by atoms with Crippen LogP contribution in [0.15, 0.2) is 102 Å². The number of cyclic esters (lactones) is 1. The summed E-state index contributed by atoms with van der Waals surface area (Å²) < 4.78 is 12.8. The molecular formula is C47H42N10O9. The summed E-state index contributed by atoms with van der Waals surface area (Å²) in [6.45, 7) is 1.33. The fourth-order valence-electron chi connectivity index (χ4n) is 8.06. The Labute approximate surface area is 375 Å². The van der Waals surface area contributed by atoms with Gasteiger partial charge in [0, 0.05) is 70.7 Å². The molecule has 2 aliphatic heterocycles. The number of ether oxygens (including phenoxy) is 2. The molecule has 19 nitrogen and oxygen atoms in total. The largest absolute Gasteiger partial charge is 0.508 e. The predicted octanol–water partition coefficient (Wildman–Crippen LogP) is 4.99. The summed E-state index contributed by atoms with van der Waals surface area (Å²) in [6.07, 6.45) is -0.495. The van der Waals surface area contributed by atoms with Crippen LogP contribution in [-0.4, -0.2) is 78.1 Å². The van der Waals surface area contributed by atoms with Crippen molar-refractivity contribution in [3.63, 3.8) is 0 Å². The maximum Gasteiger partial charge on any atom is 0.355 e. The lowest BCUT2D eigenvalue weighted by Gasteiger charge is -2.35. The summed E-state index contributed by atoms with van der Waals surface area (Å²) >= 11 is 0. The number of aromatic hydroxyl groups is 2. The summed E-state index contributed by atoms with van der Waals surface area (Å²) in [6, 6.07) is 28.2. The number of carbonyl (C=O) groups excluding carboxylic acids is 4. The highest BCUT2D eigenvalue weighted by atomic mass is 16.6. The molecule has 0 radical (unpaired) electrons. The summed E-state index contributed by atoms with van der Waals surface area (Å²) in [4.78, 5) is 84.2. The monoisotopic (exact) mass is 890 g/mol. The second-order valence-electron chi connectivity index (χ2n) is 15.6. The number of para-hydroxylation sites is 1. The first-order chi connectivity index (χ1) is 32.0. The number of nitrogens with one attached hydrogen (secondary N) is 5. The second-order valence-corrected chi connectivity index (χ2v) is 15.6. The smallest absolute Gasteiger partial charge is 0.355 e. The summed E-state index contributed by atoms with van der Waals surface area (Å²) in [5.74, 6) is -2.20. The minimum Gasteiger partial charge on any atom is -0.508 e. The number of anilines is 5. The molecule has 0 spiro atoms. The van der Waals surface area contributed by atoms with Crippen molar-refractivity contribution in [1.29, 1.82) is 0 Å². The molecule has 1 atom stereocenters. The molecule has 0 aliphatic carbocycles. The van der Waals surface area contributed by atoms with Crippen molar-refractivity contribution in [2.75, 3.05) is 35.6 Å². The summed E-state index contributed by atoms with van der Waals surface area (Å²) in [5.41, 5.74) is 1.89. The van der Waals surface area contributed by atoms with Crippen LogP contribution < -0.4 is 32.1 Å². The van der Waals surface area contributed by atoms with Crippen LogP contribution in [0.4, 0.5) is 29.2 Å². The number of phenols is 2. The van der Waals surface area contributed by atoms with E-state index in [9.17, 15) is 34.2 Å². The molecule has 0 bridgehead atoms. The average Bonchev–Trinajstić information content (AvgIpc) is 3.67. The zero-order valence-corrected chi connectivity index (χ0v) is 35.4. The minimum absolute atomic E-state index is 0.0401. The Morgan fingerprint density at radius 3 is 2.33 bits per heavy atom. The summed E-state index contributed by atoms with van der Waals surface area (Å²) in [5, 5.41) is 37.1. The lowest BCUT2D eigenvalue weighted by atomic mass is 9.85. The van der Waals surface area contributed by atoms with Crippen LogP contribution in [0.3, 0.4) is 0 Å². The van der Waals surface area contributed by atoms with Crippen molar-refractivity contribution < 1.29 is 38.9 Å². The number of fused-ring (bicyclic) bond motifs is 6. The van der Waals surface area contributed by atoms with E-state index >= 15 is 0 Å². The Hall–Kier alpha value is -8.61. The van der Waals surface area contributed by atoms with E-state index < -0.39 is 35.9 Å². The van der Waals surface area contributed by atoms with Crippen molar-refractivity contribution in [3.05, 3.63) is 124 Å². The predicted molar refractivity (Wildman–Crippen MR) is 242 cm³/mol. The van der Waals surface area contributed by atoms with Crippen LogP contribution in [0, 0.1) is 0 Å². The molecule has 3 aromatic heterocycles. The van der Waals surface area contributed by atoms with Crippen molar-refractivity contribution in [2.24, 2.45) is 0 Å². The first kappa shape index (κ1) is 42.7. The quantitative estimate of drug-likeness (QED) is 0.0406. The molecule has 66 heavy (non-hydrogen) atoms. The van der Waals surface area contributed by atoms with Crippen molar-refractivity contribution in [3.8, 4) is 22.9 Å². The van der Waals surface area contributed by atoms with Gasteiger partial charge in [-0.05, 0) is 48.9 Å². The van der Waals surface area contributed by atoms with E-state index in [1.165, 1.54) is 12.1 Å². The van der Waals surface area contributed by atoms with E-state index in [2.05, 4.69) is 41.5 Å². The molecule has 0 saturated carbocycles. The Bertz CT molecular complexity index is 3160. The van der Waals surface area contributed by atoms with Crippen LogP contribution in [0.25, 0.3) is 33.1 Å². The van der Waals surface area contributed by atoms with Crippen molar-refractivity contribution in [2.45, 2.75) is 44.9 Å². The van der Waals surface area contributed by atoms with E-state index in [1.54, 1.807) is 47.9 Å². The third kappa shape index (κ3) is 8.56. The van der Waals surface area contributed by atoms with Gasteiger partial charge >= 0.3 is 11.9 Å². The molecule has 0 saturated heterocycles. The van der Waals surface area contributed by atoms with Gasteiger partial charge in [0.25, 0.3) is 5.56 Å². The molecular weight excluding hydrogens is 849 g/mol. The van der Waals surface area contributed by atoms with Crippen LogP contribution >= 0.6 is 0 Å². The molecule has 5 heterocycles. The molecule has 2 aliphatic rings. The van der Waals surface area contributed by atoms with Crippen molar-refractivity contribution >= 4 is 74.6 Å². The second kappa shape index (κ2) is 17.9. The minimum atomic E-state index is -1.94. The van der Waals surface area contributed by atoms with Gasteiger partial charge in [0.15, 0.2) is 0 Å². The van der Waals surface area contributed by atoms with Gasteiger partial charge in [0.1, 0.15) is 24.7 Å². The van der Waals surface area contributed by atoms with E-state index in [4.69, 9.17) is 14.5 Å². The third-order valence-electron chi connectivity index (χ3n) is 11.3. The Balaban J connectivity index is 0.789. The highest BCUT2D eigenvalue weighted by Gasteiger charge is 2.50. The number of hydrogen-bond donors (Lipinski definition) is 7. The van der Waals surface area contributed by atoms with E-state index in [1.807, 2.05) is 48.5 Å². The SMILES string of the molecule is CC[C@@]1(OC(=O)CNC(=O)CCC(=O)NCCNc2nc(Nc3cccc(O)c3)nc(Nc3ccc(O)c4ccccc34)n2)C(=O)OCc2c1cc1n(c2=O)Cc2cc3ccccc3nc2-1. The molecule has 7 aromatic rings. The van der Waals surface area contributed by atoms with Gasteiger partial charge in [0.05, 0.1) is 29.0 Å². The fourth-order valence-corrected chi connectivity index (χ4v) is 8.06. The standard InChI is InChI=1S/C47H42N10O9/c1-2-47(33-22-36-41-27(20-26-8-3-6-13-34(26)52-41)24-57(36)42(63)32(33)25-65-43(47)64)66-40(62)23-50-39(61)17-16-38(60)48-18-19-49-44-54-45(51-28-9-7-10-29(58)21-28)56-46(55-44)53-35-14-15-37(59)31-12-5-4-11-30(31)35/h3-15,20-22,58-59H,2,16-19,23-25H2,1H3,(H,48,60)(H,50,61)(H3,49,51,53,54,55,56)/t47-/m0/s1. The molecule has 9 rings (SSSR count). The number of carbonyl (C=O) groups is 4. The first-order valence-corrected chi connectivity index (χ1v) is 21.1. The number of pyridine rings is 2. The van der Waals surface area contributed by atoms with Crippen LogP contribution in [0.1, 0.15) is 42.9 Å². The number of nitrogens with zero attached hydrogens (tertiary/aromatic N) is 5. The highest BCUT2D eigenvalue weighted by Crippen LogP contribution is 2.41. The Morgan fingerprint density at radius 1 is 0.788 bits per heavy atom. The van der Waals surface area contributed by atoms with E-state index in [0.29, 0.717) is 28.1 Å². The number of phenolic OH excluding ortho intramolecular Hbond substituents is 2. The molecule has 4 aromatic carbocycles.